The summed E-state index contributed by atoms with van der Waals surface area (Å²) in [6.45, 7) is 4.00. The normalized spacial score (nSPS) is 9.00. The molecule has 1 amide bonds. The Morgan fingerprint density at radius 3 is 2.11 bits per heavy atom. The number of nitrogens with one attached hydrogen (secondary N) is 1. The number of para-hydroxylation sites is 2. The highest BCUT2D eigenvalue weighted by molar-refractivity contribution is 6.07. The lowest BCUT2D eigenvalue weighted by Gasteiger charge is -2.06. The van der Waals surface area contributed by atoms with E-state index in [2.05, 4.69) is 5.32 Å². The Bertz CT molecular complexity index is 495. The molecule has 0 aromatic heterocycles. The lowest BCUT2D eigenvalue weighted by molar-refractivity contribution is 0.102. The van der Waals surface area contributed by atoms with Gasteiger partial charge >= 0.3 is 0 Å². The van der Waals surface area contributed by atoms with Crippen LogP contribution in [0, 0.1) is 0 Å². The molecule has 0 saturated heterocycles. The summed E-state index contributed by atoms with van der Waals surface area (Å²) >= 11 is 0. The van der Waals surface area contributed by atoms with Crippen molar-refractivity contribution in [3.63, 3.8) is 0 Å². The first-order valence-corrected chi connectivity index (χ1v) is 5.98. The molecule has 0 radical (unpaired) electrons. The number of anilines is 2. The summed E-state index contributed by atoms with van der Waals surface area (Å²) in [7, 11) is 0. The van der Waals surface area contributed by atoms with Crippen LogP contribution in [0.1, 0.15) is 24.2 Å². The van der Waals surface area contributed by atoms with E-state index < -0.39 is 0 Å². The van der Waals surface area contributed by atoms with Crippen molar-refractivity contribution in [2.24, 2.45) is 0 Å². The standard InChI is InChI=1S/C13H12N2O.C2H6/c14-12-9-5-4-8-11(12)13(16)15-10-6-2-1-3-7-10;1-2/h1-9H,14H2,(H,15,16);1-2H3. The van der Waals surface area contributed by atoms with Crippen molar-refractivity contribution in [2.75, 3.05) is 11.1 Å². The lowest BCUT2D eigenvalue weighted by atomic mass is 10.1. The highest BCUT2D eigenvalue weighted by Gasteiger charge is 2.08. The van der Waals surface area contributed by atoms with Gasteiger partial charge in [-0.2, -0.15) is 0 Å². The average Bonchev–Trinajstić information content (AvgIpc) is 2.42. The molecule has 18 heavy (non-hydrogen) atoms. The van der Waals surface area contributed by atoms with Crippen LogP contribution in [0.4, 0.5) is 11.4 Å². The van der Waals surface area contributed by atoms with Crippen molar-refractivity contribution in [1.29, 1.82) is 0 Å². The van der Waals surface area contributed by atoms with Crippen LogP contribution in [-0.2, 0) is 0 Å². The third kappa shape index (κ3) is 3.63. The zero-order chi connectivity index (χ0) is 13.4. The molecule has 0 heterocycles. The monoisotopic (exact) mass is 242 g/mol. The number of nitrogen functional groups attached to an aromatic ring is 1. The molecule has 0 atom stereocenters. The van der Waals surface area contributed by atoms with Gasteiger partial charge in [-0.1, -0.05) is 44.2 Å². The fourth-order valence-electron chi connectivity index (χ4n) is 1.42. The van der Waals surface area contributed by atoms with Crippen LogP contribution in [0.5, 0.6) is 0 Å². The van der Waals surface area contributed by atoms with E-state index in [0.717, 1.165) is 5.69 Å². The van der Waals surface area contributed by atoms with Crippen LogP contribution < -0.4 is 11.1 Å². The van der Waals surface area contributed by atoms with Gasteiger partial charge in [0.2, 0.25) is 0 Å². The fourth-order valence-corrected chi connectivity index (χ4v) is 1.42. The highest BCUT2D eigenvalue weighted by atomic mass is 16.1. The van der Waals surface area contributed by atoms with Crippen molar-refractivity contribution >= 4 is 17.3 Å². The number of hydrogen-bond acceptors (Lipinski definition) is 2. The Labute approximate surface area is 108 Å². The first kappa shape index (κ1) is 13.8. The van der Waals surface area contributed by atoms with Gasteiger partial charge in [0.1, 0.15) is 0 Å². The van der Waals surface area contributed by atoms with Crippen LogP contribution in [0.3, 0.4) is 0 Å². The smallest absolute Gasteiger partial charge is 0.257 e. The summed E-state index contributed by atoms with van der Waals surface area (Å²) in [6, 6.07) is 16.3. The maximum atomic E-state index is 11.8. The summed E-state index contributed by atoms with van der Waals surface area (Å²) < 4.78 is 0. The van der Waals surface area contributed by atoms with Crippen LogP contribution in [0.25, 0.3) is 0 Å². The third-order valence-corrected chi connectivity index (χ3v) is 2.24. The van der Waals surface area contributed by atoms with Gasteiger partial charge in [-0.25, -0.2) is 0 Å². The first-order chi connectivity index (χ1) is 8.77. The molecule has 3 nitrogen and oxygen atoms in total. The second-order valence-electron chi connectivity index (χ2n) is 3.41. The third-order valence-electron chi connectivity index (χ3n) is 2.24. The second-order valence-corrected chi connectivity index (χ2v) is 3.41. The average molecular weight is 242 g/mol. The molecular weight excluding hydrogens is 224 g/mol. The predicted molar refractivity (Wildman–Crippen MR) is 76.6 cm³/mol. The molecule has 94 valence electrons. The first-order valence-electron chi connectivity index (χ1n) is 5.98. The van der Waals surface area contributed by atoms with Gasteiger partial charge in [0, 0.05) is 11.4 Å². The van der Waals surface area contributed by atoms with Gasteiger partial charge in [0.15, 0.2) is 0 Å². The molecule has 3 heteroatoms. The van der Waals surface area contributed by atoms with E-state index >= 15 is 0 Å². The quantitative estimate of drug-likeness (QED) is 0.791. The SMILES string of the molecule is CC.Nc1ccccc1C(=O)Nc1ccccc1. The number of carbonyl (C=O) groups is 1. The van der Waals surface area contributed by atoms with Crippen molar-refractivity contribution in [3.8, 4) is 0 Å². The molecule has 3 N–H and O–H groups in total. The Morgan fingerprint density at radius 1 is 0.944 bits per heavy atom. The molecular formula is C15H18N2O. The maximum Gasteiger partial charge on any atom is 0.257 e. The summed E-state index contributed by atoms with van der Waals surface area (Å²) in [5.41, 5.74) is 7.45. The van der Waals surface area contributed by atoms with Gasteiger partial charge in [-0.05, 0) is 24.3 Å². The molecule has 0 bridgehead atoms. The van der Waals surface area contributed by atoms with Gasteiger partial charge < -0.3 is 11.1 Å². The number of carbonyl (C=O) groups excluding carboxylic acids is 1. The number of nitrogens with two attached hydrogens (primary N) is 1. The molecule has 0 aliphatic rings. The number of hydrogen-bond donors (Lipinski definition) is 2. The molecule has 0 aliphatic heterocycles. The Kier molecular flexibility index (Phi) is 5.45. The largest absolute Gasteiger partial charge is 0.398 e. The van der Waals surface area contributed by atoms with E-state index in [4.69, 9.17) is 5.73 Å². The molecule has 0 saturated carbocycles. The Morgan fingerprint density at radius 2 is 1.50 bits per heavy atom. The van der Waals surface area contributed by atoms with Crippen molar-refractivity contribution < 1.29 is 4.79 Å². The van der Waals surface area contributed by atoms with Crippen LogP contribution in [-0.4, -0.2) is 5.91 Å². The zero-order valence-corrected chi connectivity index (χ0v) is 10.7. The van der Waals surface area contributed by atoms with E-state index in [1.807, 2.05) is 44.2 Å². The van der Waals surface area contributed by atoms with Crippen molar-refractivity contribution in [2.45, 2.75) is 13.8 Å². The molecule has 2 aromatic carbocycles. The minimum Gasteiger partial charge on any atom is -0.398 e. The summed E-state index contributed by atoms with van der Waals surface area (Å²) in [5.74, 6) is -0.190. The van der Waals surface area contributed by atoms with Crippen LogP contribution in [0.2, 0.25) is 0 Å². The minimum atomic E-state index is -0.190. The van der Waals surface area contributed by atoms with Gasteiger partial charge in [-0.3, -0.25) is 4.79 Å². The number of amides is 1. The van der Waals surface area contributed by atoms with E-state index in [-0.39, 0.29) is 5.91 Å². The van der Waals surface area contributed by atoms with Gasteiger partial charge in [-0.15, -0.1) is 0 Å². The van der Waals surface area contributed by atoms with Crippen LogP contribution >= 0.6 is 0 Å². The topological polar surface area (TPSA) is 55.1 Å². The number of rotatable bonds is 2. The van der Waals surface area contributed by atoms with Crippen LogP contribution in [0.15, 0.2) is 54.6 Å². The molecule has 0 spiro atoms. The predicted octanol–water partition coefficient (Wildman–Crippen LogP) is 3.55. The van der Waals surface area contributed by atoms with E-state index in [1.54, 1.807) is 24.3 Å². The lowest BCUT2D eigenvalue weighted by Crippen LogP contribution is -2.13. The van der Waals surface area contributed by atoms with E-state index in [0.29, 0.717) is 11.3 Å². The summed E-state index contributed by atoms with van der Waals surface area (Å²) in [6.07, 6.45) is 0. The van der Waals surface area contributed by atoms with E-state index in [1.165, 1.54) is 0 Å². The van der Waals surface area contributed by atoms with Crippen molar-refractivity contribution in [1.82, 2.24) is 0 Å². The van der Waals surface area contributed by atoms with Gasteiger partial charge in [0.05, 0.1) is 5.56 Å². The zero-order valence-electron chi connectivity index (χ0n) is 10.7. The van der Waals surface area contributed by atoms with E-state index in [9.17, 15) is 4.79 Å². The minimum absolute atomic E-state index is 0.190. The Balaban J connectivity index is 0.000000771. The highest BCUT2D eigenvalue weighted by Crippen LogP contribution is 2.13. The summed E-state index contributed by atoms with van der Waals surface area (Å²) in [4.78, 5) is 11.8. The molecule has 0 unspecified atom stereocenters. The summed E-state index contributed by atoms with van der Waals surface area (Å²) in [5, 5.41) is 2.78. The van der Waals surface area contributed by atoms with Gasteiger partial charge in [0.25, 0.3) is 5.91 Å². The van der Waals surface area contributed by atoms with Crippen molar-refractivity contribution in [3.05, 3.63) is 60.2 Å². The molecule has 2 aromatic rings. The molecule has 0 aliphatic carbocycles. The maximum absolute atomic E-state index is 11.8. The fraction of sp³-hybridized carbons (Fsp3) is 0.133. The number of benzene rings is 2. The molecule has 2 rings (SSSR count). The second kappa shape index (κ2) is 7.12. The molecule has 0 fully saturated rings. The Hall–Kier alpha value is -2.29.